The third kappa shape index (κ3) is 4.95. The fourth-order valence-corrected chi connectivity index (χ4v) is 3.34. The largest absolute Gasteiger partial charge is 0.378 e. The number of nitrogens with one attached hydrogen (secondary N) is 1. The van der Waals surface area contributed by atoms with E-state index in [9.17, 15) is 4.79 Å². The Balaban J connectivity index is 1.33. The number of piperazine rings is 1. The van der Waals surface area contributed by atoms with Crippen molar-refractivity contribution in [3.05, 3.63) is 18.0 Å². The molecule has 7 heteroatoms. The minimum absolute atomic E-state index is 0.0518. The lowest BCUT2D eigenvalue weighted by atomic mass is 10.1. The van der Waals surface area contributed by atoms with Crippen LogP contribution in [0, 0.1) is 0 Å². The van der Waals surface area contributed by atoms with Gasteiger partial charge in [0, 0.05) is 51.4 Å². The summed E-state index contributed by atoms with van der Waals surface area (Å²) in [4.78, 5) is 16.6. The molecule has 1 N–H and O–H groups in total. The van der Waals surface area contributed by atoms with Crippen LogP contribution in [0.2, 0.25) is 0 Å². The summed E-state index contributed by atoms with van der Waals surface area (Å²) in [6.07, 6.45) is 6.33. The molecule has 2 atom stereocenters. The van der Waals surface area contributed by atoms with E-state index in [1.54, 1.807) is 6.26 Å². The van der Waals surface area contributed by atoms with Crippen LogP contribution in [0.4, 0.5) is 4.79 Å². The normalized spacial score (nSPS) is 23.4. The lowest BCUT2D eigenvalue weighted by Gasteiger charge is -2.34. The van der Waals surface area contributed by atoms with Crippen molar-refractivity contribution in [2.75, 3.05) is 32.8 Å². The summed E-state index contributed by atoms with van der Waals surface area (Å²) in [6.45, 7) is 6.99. The second kappa shape index (κ2) is 8.48. The van der Waals surface area contributed by atoms with Gasteiger partial charge < -0.3 is 19.5 Å². The molecule has 0 aliphatic carbocycles. The Labute approximate surface area is 143 Å². The summed E-state index contributed by atoms with van der Waals surface area (Å²) in [5.74, 6) is 0. The van der Waals surface area contributed by atoms with Gasteiger partial charge in [-0.25, -0.2) is 4.79 Å². The van der Waals surface area contributed by atoms with Gasteiger partial charge in [-0.3, -0.25) is 4.90 Å². The first kappa shape index (κ1) is 17.2. The van der Waals surface area contributed by atoms with Crippen molar-refractivity contribution in [1.29, 1.82) is 0 Å². The molecule has 24 heavy (non-hydrogen) atoms. The Kier molecular flexibility index (Phi) is 6.09. The van der Waals surface area contributed by atoms with Gasteiger partial charge in [0.25, 0.3) is 0 Å². The van der Waals surface area contributed by atoms with Gasteiger partial charge in [-0.15, -0.1) is 0 Å². The number of amides is 2. The molecule has 2 aliphatic rings. The van der Waals surface area contributed by atoms with Crippen LogP contribution in [0.3, 0.4) is 0 Å². The molecule has 1 aromatic rings. The molecule has 0 unspecified atom stereocenters. The number of carbonyl (C=O) groups is 1. The van der Waals surface area contributed by atoms with Crippen LogP contribution >= 0.6 is 0 Å². The maximum atomic E-state index is 12.4. The van der Waals surface area contributed by atoms with E-state index in [0.29, 0.717) is 6.10 Å². The molecule has 2 saturated heterocycles. The average Bonchev–Trinajstić information content (AvgIpc) is 3.27. The van der Waals surface area contributed by atoms with E-state index in [4.69, 9.17) is 9.26 Å². The van der Waals surface area contributed by atoms with Gasteiger partial charge in [0.05, 0.1) is 11.8 Å². The second-order valence-corrected chi connectivity index (χ2v) is 6.82. The smallest absolute Gasteiger partial charge is 0.317 e. The predicted molar refractivity (Wildman–Crippen MR) is 89.6 cm³/mol. The van der Waals surface area contributed by atoms with Gasteiger partial charge in [0.15, 0.2) is 0 Å². The van der Waals surface area contributed by atoms with Crippen LogP contribution in [-0.4, -0.2) is 65.9 Å². The maximum absolute atomic E-state index is 12.4. The summed E-state index contributed by atoms with van der Waals surface area (Å²) in [5.41, 5.74) is 0.940. The summed E-state index contributed by atoms with van der Waals surface area (Å²) in [7, 11) is 0. The van der Waals surface area contributed by atoms with Crippen LogP contribution < -0.4 is 5.32 Å². The molecule has 2 amide bonds. The Bertz CT molecular complexity index is 494. The molecule has 0 saturated carbocycles. The first-order valence-corrected chi connectivity index (χ1v) is 8.99. The minimum atomic E-state index is 0.0518. The zero-order chi connectivity index (χ0) is 16.8. The van der Waals surface area contributed by atoms with Crippen LogP contribution in [0.5, 0.6) is 0 Å². The van der Waals surface area contributed by atoms with Crippen LogP contribution in [0.1, 0.15) is 38.3 Å². The van der Waals surface area contributed by atoms with Crippen LogP contribution in [-0.2, 0) is 11.3 Å². The highest BCUT2D eigenvalue weighted by Crippen LogP contribution is 2.17. The van der Waals surface area contributed by atoms with Crippen molar-refractivity contribution >= 4 is 6.03 Å². The van der Waals surface area contributed by atoms with Crippen LogP contribution in [0.15, 0.2) is 16.9 Å². The summed E-state index contributed by atoms with van der Waals surface area (Å²) in [6, 6.07) is 2.13. The third-order valence-corrected chi connectivity index (χ3v) is 4.85. The number of hydrogen-bond donors (Lipinski definition) is 1. The van der Waals surface area contributed by atoms with Crippen molar-refractivity contribution in [2.24, 2.45) is 0 Å². The minimum Gasteiger partial charge on any atom is -0.378 e. The number of nitrogens with zero attached hydrogens (tertiary/aromatic N) is 3. The van der Waals surface area contributed by atoms with Crippen molar-refractivity contribution in [3.63, 3.8) is 0 Å². The first-order chi connectivity index (χ1) is 11.7. The van der Waals surface area contributed by atoms with E-state index in [2.05, 4.69) is 22.3 Å². The van der Waals surface area contributed by atoms with E-state index < -0.39 is 0 Å². The average molecular weight is 336 g/mol. The Morgan fingerprint density at radius 2 is 2.25 bits per heavy atom. The molecule has 0 bridgehead atoms. The molecule has 0 spiro atoms. The molecule has 2 fully saturated rings. The summed E-state index contributed by atoms with van der Waals surface area (Å²) < 4.78 is 10.5. The third-order valence-electron chi connectivity index (χ3n) is 4.85. The molecule has 0 aromatic carbocycles. The van der Waals surface area contributed by atoms with Gasteiger partial charge in [-0.2, -0.15) is 0 Å². The number of hydrogen-bond acceptors (Lipinski definition) is 5. The van der Waals surface area contributed by atoms with Gasteiger partial charge in [-0.1, -0.05) is 5.16 Å². The maximum Gasteiger partial charge on any atom is 0.317 e. The molecular weight excluding hydrogens is 308 g/mol. The Morgan fingerprint density at radius 3 is 2.92 bits per heavy atom. The lowest BCUT2D eigenvalue weighted by Crippen LogP contribution is -2.52. The highest BCUT2D eigenvalue weighted by atomic mass is 16.5. The zero-order valence-corrected chi connectivity index (χ0v) is 14.4. The van der Waals surface area contributed by atoms with Crippen LogP contribution in [0.25, 0.3) is 0 Å². The quantitative estimate of drug-likeness (QED) is 0.858. The molecule has 134 valence electrons. The summed E-state index contributed by atoms with van der Waals surface area (Å²) >= 11 is 0. The van der Waals surface area contributed by atoms with E-state index in [0.717, 1.165) is 64.3 Å². The van der Waals surface area contributed by atoms with E-state index >= 15 is 0 Å². The zero-order valence-electron chi connectivity index (χ0n) is 14.4. The highest BCUT2D eigenvalue weighted by Gasteiger charge is 2.23. The van der Waals surface area contributed by atoms with Gasteiger partial charge >= 0.3 is 6.03 Å². The van der Waals surface area contributed by atoms with E-state index in [1.165, 1.54) is 6.42 Å². The Morgan fingerprint density at radius 1 is 1.42 bits per heavy atom. The topological polar surface area (TPSA) is 70.8 Å². The van der Waals surface area contributed by atoms with Crippen molar-refractivity contribution < 1.29 is 14.1 Å². The van der Waals surface area contributed by atoms with Gasteiger partial charge in [0.1, 0.15) is 6.26 Å². The van der Waals surface area contributed by atoms with Gasteiger partial charge in [-0.05, 0) is 32.6 Å². The number of rotatable bonds is 6. The SMILES string of the molecule is C[C@H](CC[C@@H]1CCCO1)NC(=O)N1CCN(Cc2ccon2)CC1. The Hall–Kier alpha value is -1.60. The standard InChI is InChI=1S/C17H28N4O3/c1-14(4-5-16-3-2-11-23-16)18-17(22)21-9-7-20(8-10-21)13-15-6-12-24-19-15/h6,12,14,16H,2-5,7-11,13H2,1H3,(H,18,22)/t14-,16+/m1/s1. The molecule has 7 nitrogen and oxygen atoms in total. The molecule has 2 aliphatic heterocycles. The fourth-order valence-electron chi connectivity index (χ4n) is 3.34. The van der Waals surface area contributed by atoms with Crippen molar-refractivity contribution in [3.8, 4) is 0 Å². The number of carbonyl (C=O) groups excluding carboxylic acids is 1. The number of aromatic nitrogens is 1. The van der Waals surface area contributed by atoms with E-state index in [-0.39, 0.29) is 12.1 Å². The van der Waals surface area contributed by atoms with Crippen molar-refractivity contribution in [1.82, 2.24) is 20.3 Å². The fraction of sp³-hybridized carbons (Fsp3) is 0.765. The number of ether oxygens (including phenoxy) is 1. The molecular formula is C17H28N4O3. The second-order valence-electron chi connectivity index (χ2n) is 6.82. The first-order valence-electron chi connectivity index (χ1n) is 8.99. The molecule has 3 rings (SSSR count). The van der Waals surface area contributed by atoms with E-state index in [1.807, 2.05) is 11.0 Å². The predicted octanol–water partition coefficient (Wildman–Crippen LogP) is 1.85. The summed E-state index contributed by atoms with van der Waals surface area (Å²) in [5, 5.41) is 7.06. The monoisotopic (exact) mass is 336 g/mol. The molecule has 3 heterocycles. The van der Waals surface area contributed by atoms with Gasteiger partial charge in [0.2, 0.25) is 0 Å². The lowest BCUT2D eigenvalue weighted by molar-refractivity contribution is 0.0992. The van der Waals surface area contributed by atoms with Crippen molar-refractivity contribution in [2.45, 2.75) is 51.3 Å². The molecule has 0 radical (unpaired) electrons. The number of urea groups is 1. The highest BCUT2D eigenvalue weighted by molar-refractivity contribution is 5.74. The molecule has 1 aromatic heterocycles.